The van der Waals surface area contributed by atoms with E-state index in [1.807, 2.05) is 0 Å². The van der Waals surface area contributed by atoms with Gasteiger partial charge in [-0.15, -0.1) is 0 Å². The van der Waals surface area contributed by atoms with Crippen LogP contribution >= 0.6 is 0 Å². The zero-order chi connectivity index (χ0) is 22.7. The second-order valence-electron chi connectivity index (χ2n) is 7.99. The van der Waals surface area contributed by atoms with E-state index >= 15 is 0 Å². The molecule has 0 fully saturated rings. The van der Waals surface area contributed by atoms with Gasteiger partial charge in [0, 0.05) is 6.54 Å². The number of benzene rings is 1. The largest absolute Gasteiger partial charge is 0.464 e. The number of anilines is 1. The summed E-state index contributed by atoms with van der Waals surface area (Å²) in [5.74, 6) is -0.648. The van der Waals surface area contributed by atoms with Crippen molar-refractivity contribution in [2.45, 2.75) is 90.4 Å². The summed E-state index contributed by atoms with van der Waals surface area (Å²) in [5, 5.41) is 10.4. The number of hydrogen-bond acceptors (Lipinski definition) is 3. The van der Waals surface area contributed by atoms with E-state index in [2.05, 4.69) is 24.5 Å². The monoisotopic (exact) mass is 431 g/mol. The number of carbonyl (C=O) groups is 2. The zero-order valence-electron chi connectivity index (χ0n) is 19.2. The summed E-state index contributed by atoms with van der Waals surface area (Å²) in [5.41, 5.74) is 8.69. The molecule has 1 aromatic carbocycles. The number of nitrogens with one attached hydrogen (secondary N) is 1. The van der Waals surface area contributed by atoms with Crippen molar-refractivity contribution in [2.75, 3.05) is 11.6 Å². The minimum Gasteiger partial charge on any atom is -0.464 e. The van der Waals surface area contributed by atoms with Crippen molar-refractivity contribution in [2.24, 2.45) is 5.73 Å². The van der Waals surface area contributed by atoms with Crippen LogP contribution in [0, 0.1) is 0 Å². The topological polar surface area (TPSA) is 95.7 Å². The number of hydrazine groups is 1. The molecule has 6 nitrogen and oxygen atoms in total. The molecule has 0 bridgehead atoms. The summed E-state index contributed by atoms with van der Waals surface area (Å²) < 4.78 is 0. The first kappa shape index (κ1) is 26.7. The van der Waals surface area contributed by atoms with Gasteiger partial charge in [0.15, 0.2) is 0 Å². The summed E-state index contributed by atoms with van der Waals surface area (Å²) in [7, 11) is 0. The van der Waals surface area contributed by atoms with Gasteiger partial charge >= 0.3 is 6.09 Å². The lowest BCUT2D eigenvalue weighted by molar-refractivity contribution is 0.100. The summed E-state index contributed by atoms with van der Waals surface area (Å²) in [4.78, 5) is 23.1. The van der Waals surface area contributed by atoms with Crippen molar-refractivity contribution >= 4 is 17.7 Å². The van der Waals surface area contributed by atoms with Crippen LogP contribution in [0.15, 0.2) is 36.4 Å². The van der Waals surface area contributed by atoms with Crippen molar-refractivity contribution in [3.05, 3.63) is 42.0 Å². The van der Waals surface area contributed by atoms with Crippen LogP contribution in [0.2, 0.25) is 0 Å². The average Bonchev–Trinajstić information content (AvgIpc) is 2.75. The molecule has 6 heteroatoms. The minimum absolute atomic E-state index is 0.182. The molecule has 2 amide bonds. The van der Waals surface area contributed by atoms with Gasteiger partial charge in [0.25, 0.3) is 5.91 Å². The molecule has 0 unspecified atom stereocenters. The molecule has 0 radical (unpaired) electrons. The van der Waals surface area contributed by atoms with Gasteiger partial charge in [-0.2, -0.15) is 0 Å². The number of hydrogen-bond donors (Lipinski definition) is 3. The Morgan fingerprint density at radius 3 is 2.03 bits per heavy atom. The van der Waals surface area contributed by atoms with Crippen molar-refractivity contribution in [1.82, 2.24) is 5.43 Å². The lowest BCUT2D eigenvalue weighted by Gasteiger charge is -2.22. The van der Waals surface area contributed by atoms with Gasteiger partial charge in [-0.3, -0.25) is 4.79 Å². The lowest BCUT2D eigenvalue weighted by Crippen LogP contribution is -2.43. The maximum atomic E-state index is 11.6. The van der Waals surface area contributed by atoms with Gasteiger partial charge in [0.2, 0.25) is 0 Å². The minimum atomic E-state index is -1.17. The normalized spacial score (nSPS) is 11.1. The van der Waals surface area contributed by atoms with Gasteiger partial charge in [0.1, 0.15) is 0 Å². The Morgan fingerprint density at radius 1 is 0.903 bits per heavy atom. The Hall–Kier alpha value is -2.34. The van der Waals surface area contributed by atoms with Gasteiger partial charge in [-0.25, -0.2) is 15.2 Å². The summed E-state index contributed by atoms with van der Waals surface area (Å²) in [6.45, 7) is 2.78. The number of primary amides is 1. The molecule has 4 N–H and O–H groups in total. The number of amides is 2. The molecule has 0 aliphatic carbocycles. The second-order valence-corrected chi connectivity index (χ2v) is 7.99. The zero-order valence-corrected chi connectivity index (χ0v) is 19.2. The molecule has 1 rings (SSSR count). The van der Waals surface area contributed by atoms with Crippen molar-refractivity contribution in [3.63, 3.8) is 0 Å². The highest BCUT2D eigenvalue weighted by Crippen LogP contribution is 2.19. The molecule has 0 aliphatic heterocycles. The molecule has 0 spiro atoms. The number of para-hydroxylation sites is 1. The fraction of sp³-hybridized carbons (Fsp3) is 0.600. The molecule has 0 aromatic heterocycles. The maximum Gasteiger partial charge on any atom is 0.426 e. The first-order valence-electron chi connectivity index (χ1n) is 11.9. The molecular weight excluding hydrogens is 390 g/mol. The molecule has 31 heavy (non-hydrogen) atoms. The second kappa shape index (κ2) is 17.4. The van der Waals surface area contributed by atoms with Gasteiger partial charge < -0.3 is 10.8 Å². The highest BCUT2D eigenvalue weighted by molar-refractivity contribution is 6.02. The standard InChI is InChI=1S/C25H41N3O3/c1-2-3-4-5-6-7-8-9-10-11-12-13-14-15-18-21-27-28(25(30)31)23-20-17-16-19-22(23)24(26)29/h9-10,16-17,19-20,27H,2-8,11-15,18,21H2,1H3,(H2,26,29)(H,30,31)/b10-9-. The van der Waals surface area contributed by atoms with E-state index in [9.17, 15) is 14.7 Å². The first-order chi connectivity index (χ1) is 15.1. The van der Waals surface area contributed by atoms with Crippen LogP contribution in [0.3, 0.4) is 0 Å². The van der Waals surface area contributed by atoms with Crippen LogP contribution in [0.1, 0.15) is 101 Å². The molecule has 0 atom stereocenters. The molecule has 174 valence electrons. The molecule has 0 aliphatic rings. The van der Waals surface area contributed by atoms with Crippen LogP contribution in [-0.2, 0) is 0 Å². The molecule has 1 aromatic rings. The highest BCUT2D eigenvalue weighted by atomic mass is 16.4. The number of carboxylic acid groups (broad SMARTS) is 1. The number of unbranched alkanes of at least 4 members (excludes halogenated alkanes) is 11. The van der Waals surface area contributed by atoms with Crippen molar-refractivity contribution in [3.8, 4) is 0 Å². The fourth-order valence-electron chi connectivity index (χ4n) is 3.52. The molecular formula is C25H41N3O3. The Balaban J connectivity index is 2.10. The predicted molar refractivity (Wildman–Crippen MR) is 128 cm³/mol. The van der Waals surface area contributed by atoms with E-state index in [1.165, 1.54) is 63.9 Å². The van der Waals surface area contributed by atoms with Crippen LogP contribution in [0.4, 0.5) is 10.5 Å². The van der Waals surface area contributed by atoms with E-state index in [0.29, 0.717) is 6.54 Å². The fourth-order valence-corrected chi connectivity index (χ4v) is 3.52. The highest BCUT2D eigenvalue weighted by Gasteiger charge is 2.19. The Bertz CT molecular complexity index is 661. The number of nitrogens with zero attached hydrogens (tertiary/aromatic N) is 1. The summed E-state index contributed by atoms with van der Waals surface area (Å²) >= 11 is 0. The lowest BCUT2D eigenvalue weighted by atomic mass is 10.1. The van der Waals surface area contributed by atoms with E-state index < -0.39 is 12.0 Å². The van der Waals surface area contributed by atoms with E-state index in [0.717, 1.165) is 30.7 Å². The van der Waals surface area contributed by atoms with Crippen molar-refractivity contribution in [1.29, 1.82) is 0 Å². The number of carbonyl (C=O) groups excluding carboxylic acids is 1. The van der Waals surface area contributed by atoms with Crippen LogP contribution in [0.25, 0.3) is 0 Å². The average molecular weight is 432 g/mol. The summed E-state index contributed by atoms with van der Waals surface area (Å²) in [6.07, 6.45) is 19.4. The third-order valence-electron chi connectivity index (χ3n) is 5.31. The Labute approximate surface area is 187 Å². The third-order valence-corrected chi connectivity index (χ3v) is 5.31. The van der Waals surface area contributed by atoms with Crippen LogP contribution in [-0.4, -0.2) is 23.7 Å². The van der Waals surface area contributed by atoms with Gasteiger partial charge in [0.05, 0.1) is 11.3 Å². The smallest absolute Gasteiger partial charge is 0.426 e. The third kappa shape index (κ3) is 12.2. The van der Waals surface area contributed by atoms with E-state index in [-0.39, 0.29) is 11.3 Å². The SMILES string of the molecule is CCCCCCCC/C=C\CCCCCCCNN(C(=O)O)c1ccccc1C(N)=O. The molecule has 0 heterocycles. The maximum absolute atomic E-state index is 11.6. The first-order valence-corrected chi connectivity index (χ1v) is 11.9. The predicted octanol–water partition coefficient (Wildman–Crippen LogP) is 6.42. The number of nitrogens with two attached hydrogens (primary N) is 1. The Morgan fingerprint density at radius 2 is 1.45 bits per heavy atom. The van der Waals surface area contributed by atoms with Gasteiger partial charge in [-0.1, -0.05) is 82.6 Å². The quantitative estimate of drug-likeness (QED) is 0.142. The van der Waals surface area contributed by atoms with E-state index in [1.54, 1.807) is 18.2 Å². The number of allylic oxidation sites excluding steroid dienone is 2. The van der Waals surface area contributed by atoms with Crippen molar-refractivity contribution < 1.29 is 14.7 Å². The Kier molecular flexibility index (Phi) is 14.9. The molecule has 0 saturated heterocycles. The summed E-state index contributed by atoms with van der Waals surface area (Å²) in [6, 6.07) is 6.44. The van der Waals surface area contributed by atoms with Crippen LogP contribution in [0.5, 0.6) is 0 Å². The van der Waals surface area contributed by atoms with E-state index in [4.69, 9.17) is 5.73 Å². The molecule has 0 saturated carbocycles. The van der Waals surface area contributed by atoms with Gasteiger partial charge in [-0.05, 0) is 44.2 Å². The van der Waals surface area contributed by atoms with Crippen LogP contribution < -0.4 is 16.2 Å². The number of rotatable bonds is 18.